The van der Waals surface area contributed by atoms with E-state index in [4.69, 9.17) is 4.43 Å². The van der Waals surface area contributed by atoms with Gasteiger partial charge in [0.15, 0.2) is 0 Å². The predicted octanol–water partition coefficient (Wildman–Crippen LogP) is 7.53. The minimum atomic E-state index is -2.00. The highest BCUT2D eigenvalue weighted by molar-refractivity contribution is 14.1. The number of carbonyl (C=O) groups is 1. The molecular formula is C26H36INO2Si. The van der Waals surface area contributed by atoms with Gasteiger partial charge in [-0.2, -0.15) is 0 Å². The van der Waals surface area contributed by atoms with Gasteiger partial charge in [0.05, 0.1) is 12.3 Å². The Morgan fingerprint density at radius 1 is 0.935 bits per heavy atom. The number of para-hydroxylation sites is 1. The Morgan fingerprint density at radius 3 is 1.97 bits per heavy atom. The summed E-state index contributed by atoms with van der Waals surface area (Å²) in [5, 5.41) is 0. The van der Waals surface area contributed by atoms with E-state index in [1.807, 2.05) is 67.7 Å². The van der Waals surface area contributed by atoms with Crippen molar-refractivity contribution in [3.8, 4) is 0 Å². The first-order valence-corrected chi connectivity index (χ1v) is 14.3. The van der Waals surface area contributed by atoms with Gasteiger partial charge in [-0.3, -0.25) is 4.79 Å². The minimum absolute atomic E-state index is 0.0233. The van der Waals surface area contributed by atoms with Crippen LogP contribution in [0.15, 0.2) is 60.7 Å². The summed E-state index contributed by atoms with van der Waals surface area (Å²) >= 11 is 2.28. The molecule has 0 fully saturated rings. The molecule has 0 aliphatic carbocycles. The van der Waals surface area contributed by atoms with E-state index in [9.17, 15) is 4.79 Å². The first-order chi connectivity index (χ1) is 14.6. The van der Waals surface area contributed by atoms with Crippen LogP contribution in [0.3, 0.4) is 0 Å². The van der Waals surface area contributed by atoms with Crippen LogP contribution < -0.4 is 4.90 Å². The lowest BCUT2D eigenvalue weighted by Gasteiger charge is -2.42. The number of likely N-dealkylation sites (N-methyl/N-ethyl adjacent to an activating group) is 1. The van der Waals surface area contributed by atoms with Crippen LogP contribution in [0.25, 0.3) is 5.57 Å². The number of amides is 1. The quantitative estimate of drug-likeness (QED) is 0.184. The van der Waals surface area contributed by atoms with Crippen LogP contribution in [0, 0.1) is 3.57 Å². The molecule has 0 radical (unpaired) electrons. The van der Waals surface area contributed by atoms with Crippen molar-refractivity contribution in [2.24, 2.45) is 0 Å². The molecule has 0 N–H and O–H groups in total. The van der Waals surface area contributed by atoms with Crippen molar-refractivity contribution < 1.29 is 9.22 Å². The molecule has 0 heterocycles. The zero-order chi connectivity index (χ0) is 23.2. The second kappa shape index (κ2) is 11.4. The molecule has 2 aromatic carbocycles. The molecule has 0 bridgehead atoms. The maximum atomic E-state index is 13.6. The highest BCUT2D eigenvalue weighted by Crippen LogP contribution is 2.42. The van der Waals surface area contributed by atoms with Gasteiger partial charge in [0.1, 0.15) is 0 Å². The zero-order valence-corrected chi connectivity index (χ0v) is 23.0. The van der Waals surface area contributed by atoms with Crippen molar-refractivity contribution in [3.05, 3.63) is 69.8 Å². The molecule has 31 heavy (non-hydrogen) atoms. The van der Waals surface area contributed by atoms with Gasteiger partial charge in [-0.15, -0.1) is 0 Å². The van der Waals surface area contributed by atoms with Crippen LogP contribution >= 0.6 is 22.6 Å². The fourth-order valence-corrected chi connectivity index (χ4v) is 10.9. The molecule has 0 spiro atoms. The van der Waals surface area contributed by atoms with Crippen molar-refractivity contribution >= 4 is 48.1 Å². The normalized spacial score (nSPS) is 12.7. The van der Waals surface area contributed by atoms with Crippen LogP contribution in [0.2, 0.25) is 16.6 Å². The Morgan fingerprint density at radius 2 is 1.45 bits per heavy atom. The summed E-state index contributed by atoms with van der Waals surface area (Å²) in [7, 11) is -0.161. The van der Waals surface area contributed by atoms with Crippen molar-refractivity contribution in [3.63, 3.8) is 0 Å². The first-order valence-electron chi connectivity index (χ1n) is 11.0. The summed E-state index contributed by atoms with van der Waals surface area (Å²) in [6, 6.07) is 17.8. The molecule has 2 rings (SSSR count). The molecule has 168 valence electrons. The number of rotatable bonds is 9. The van der Waals surface area contributed by atoms with Crippen molar-refractivity contribution in [2.75, 3.05) is 18.6 Å². The molecule has 0 saturated carbocycles. The van der Waals surface area contributed by atoms with Crippen LogP contribution in [0.5, 0.6) is 0 Å². The lowest BCUT2D eigenvalue weighted by molar-refractivity contribution is -0.113. The van der Waals surface area contributed by atoms with E-state index in [-0.39, 0.29) is 5.91 Å². The third kappa shape index (κ3) is 5.87. The fraction of sp³-hybridized carbons (Fsp3) is 0.423. The summed E-state index contributed by atoms with van der Waals surface area (Å²) in [5.74, 6) is -0.0233. The maximum absolute atomic E-state index is 13.6. The minimum Gasteiger partial charge on any atom is -0.412 e. The van der Waals surface area contributed by atoms with Crippen LogP contribution in [0.1, 0.15) is 47.1 Å². The van der Waals surface area contributed by atoms with Crippen LogP contribution in [-0.4, -0.2) is 27.9 Å². The third-order valence-corrected chi connectivity index (χ3v) is 13.2. The molecule has 0 aromatic heterocycles. The molecule has 2 aromatic rings. The Balaban J connectivity index is 2.40. The number of anilines is 1. The topological polar surface area (TPSA) is 29.5 Å². The summed E-state index contributed by atoms with van der Waals surface area (Å²) in [6.45, 7) is 14.1. The zero-order valence-electron chi connectivity index (χ0n) is 19.9. The summed E-state index contributed by atoms with van der Waals surface area (Å²) in [4.78, 5) is 15.3. The molecule has 0 unspecified atom stereocenters. The van der Waals surface area contributed by atoms with Gasteiger partial charge in [-0.1, -0.05) is 84.0 Å². The number of nitrogens with zero attached hydrogens (tertiary/aromatic N) is 1. The highest BCUT2D eigenvalue weighted by atomic mass is 127. The predicted molar refractivity (Wildman–Crippen MR) is 144 cm³/mol. The van der Waals surface area contributed by atoms with E-state index in [0.717, 1.165) is 14.8 Å². The fourth-order valence-electron chi connectivity index (χ4n) is 4.73. The molecule has 0 atom stereocenters. The van der Waals surface area contributed by atoms with Crippen LogP contribution in [0.4, 0.5) is 5.69 Å². The van der Waals surface area contributed by atoms with E-state index in [1.54, 1.807) is 4.90 Å². The summed E-state index contributed by atoms with van der Waals surface area (Å²) in [5.41, 5.74) is 4.02. The largest absolute Gasteiger partial charge is 0.412 e. The summed E-state index contributed by atoms with van der Waals surface area (Å²) in [6.07, 6.45) is 1.98. The Hall–Kier alpha value is -1.44. The first kappa shape index (κ1) is 25.8. The van der Waals surface area contributed by atoms with Gasteiger partial charge in [0.2, 0.25) is 8.32 Å². The molecule has 1 amide bonds. The van der Waals surface area contributed by atoms with Crippen molar-refractivity contribution in [1.29, 1.82) is 0 Å². The van der Waals surface area contributed by atoms with Gasteiger partial charge in [0, 0.05) is 16.2 Å². The molecule has 0 aliphatic rings. The standard InChI is InChI=1S/C26H36INO2Si/c1-19(2)31(20(3)4,21(5)6)30-18-17-23(22-13-9-8-10-14-22)26(29)28(7)25-16-12-11-15-24(25)27/h8-17,19-21H,18H2,1-7H3/b23-17-. The van der Waals surface area contributed by atoms with Crippen LogP contribution in [-0.2, 0) is 9.22 Å². The SMILES string of the molecule is CC(C)[Si](OC/C=C(\C(=O)N(C)c1ccccc1I)c1ccccc1)(C(C)C)C(C)C. The second-order valence-corrected chi connectivity index (χ2v) is 15.6. The van der Waals surface area contributed by atoms with Gasteiger partial charge in [-0.05, 0) is 63.0 Å². The van der Waals surface area contributed by atoms with E-state index in [1.165, 1.54) is 0 Å². The number of carbonyl (C=O) groups excluding carboxylic acids is 1. The smallest absolute Gasteiger partial charge is 0.258 e. The average molecular weight is 550 g/mol. The van der Waals surface area contributed by atoms with Crippen molar-refractivity contribution in [1.82, 2.24) is 0 Å². The Bertz CT molecular complexity index is 872. The number of hydrogen-bond donors (Lipinski definition) is 0. The van der Waals surface area contributed by atoms with Gasteiger partial charge in [0.25, 0.3) is 5.91 Å². The molecule has 5 heteroatoms. The van der Waals surface area contributed by atoms with E-state index in [0.29, 0.717) is 28.8 Å². The van der Waals surface area contributed by atoms with Gasteiger partial charge < -0.3 is 9.33 Å². The molecular weight excluding hydrogens is 513 g/mol. The molecule has 0 aliphatic heterocycles. The van der Waals surface area contributed by atoms with Crippen molar-refractivity contribution in [2.45, 2.75) is 58.2 Å². The lowest BCUT2D eigenvalue weighted by Crippen LogP contribution is -2.47. The summed E-state index contributed by atoms with van der Waals surface area (Å²) < 4.78 is 7.76. The monoisotopic (exact) mass is 549 g/mol. The molecule has 0 saturated heterocycles. The Labute approximate surface area is 203 Å². The number of benzene rings is 2. The molecule has 3 nitrogen and oxygen atoms in total. The average Bonchev–Trinajstić information content (AvgIpc) is 2.73. The van der Waals surface area contributed by atoms with E-state index in [2.05, 4.69) is 64.1 Å². The van der Waals surface area contributed by atoms with E-state index < -0.39 is 8.32 Å². The maximum Gasteiger partial charge on any atom is 0.258 e. The number of hydrogen-bond acceptors (Lipinski definition) is 2. The number of halogens is 1. The Kier molecular flexibility index (Phi) is 9.52. The third-order valence-electron chi connectivity index (χ3n) is 6.16. The van der Waals surface area contributed by atoms with Gasteiger partial charge in [-0.25, -0.2) is 0 Å². The second-order valence-electron chi connectivity index (χ2n) is 8.93. The lowest BCUT2D eigenvalue weighted by atomic mass is 10.0. The van der Waals surface area contributed by atoms with E-state index >= 15 is 0 Å². The van der Waals surface area contributed by atoms with Gasteiger partial charge >= 0.3 is 0 Å². The highest BCUT2D eigenvalue weighted by Gasteiger charge is 2.44.